The molecule has 0 radical (unpaired) electrons. The third-order valence-corrected chi connectivity index (χ3v) is 6.14. The molecule has 0 unspecified atom stereocenters. The predicted molar refractivity (Wildman–Crippen MR) is 119 cm³/mol. The van der Waals surface area contributed by atoms with Gasteiger partial charge in [-0.05, 0) is 49.1 Å². The van der Waals surface area contributed by atoms with Crippen LogP contribution in [0.2, 0.25) is 0 Å². The molecule has 0 saturated heterocycles. The van der Waals surface area contributed by atoms with E-state index in [2.05, 4.69) is 41.5 Å². The van der Waals surface area contributed by atoms with E-state index < -0.39 is 0 Å². The van der Waals surface area contributed by atoms with Crippen molar-refractivity contribution in [1.29, 1.82) is 0 Å². The number of halogens is 1. The molecular formula is C22H17BrN6O2. The lowest BCUT2D eigenvalue weighted by molar-refractivity contribution is 0.551. The van der Waals surface area contributed by atoms with Gasteiger partial charge in [0.15, 0.2) is 5.82 Å². The molecule has 2 aromatic heterocycles. The van der Waals surface area contributed by atoms with Gasteiger partial charge in [0.1, 0.15) is 5.82 Å². The van der Waals surface area contributed by atoms with Crippen molar-refractivity contribution in [3.8, 4) is 33.6 Å². The monoisotopic (exact) mass is 476 g/mol. The smallest absolute Gasteiger partial charge is 0.253 e. The van der Waals surface area contributed by atoms with E-state index in [1.807, 2.05) is 37.3 Å². The van der Waals surface area contributed by atoms with Gasteiger partial charge in [-0.15, -0.1) is 5.10 Å². The van der Waals surface area contributed by atoms with Gasteiger partial charge in [0.25, 0.3) is 5.56 Å². The first-order valence-electron chi connectivity index (χ1n) is 9.73. The largest absolute Gasteiger partial charge is 0.472 e. The summed E-state index contributed by atoms with van der Waals surface area (Å²) in [6.07, 6.45) is 5.56. The maximum Gasteiger partial charge on any atom is 0.253 e. The maximum atomic E-state index is 12.7. The van der Waals surface area contributed by atoms with Crippen molar-refractivity contribution in [3.63, 3.8) is 0 Å². The van der Waals surface area contributed by atoms with Crippen molar-refractivity contribution < 1.29 is 4.42 Å². The van der Waals surface area contributed by atoms with Crippen LogP contribution in [-0.2, 0) is 13.0 Å². The number of nitrogens with zero attached hydrogens (tertiary/aromatic N) is 5. The average Bonchev–Trinajstić information content (AvgIpc) is 3.43. The van der Waals surface area contributed by atoms with E-state index in [4.69, 9.17) is 4.42 Å². The summed E-state index contributed by atoms with van der Waals surface area (Å²) in [7, 11) is 0. The van der Waals surface area contributed by atoms with E-state index >= 15 is 0 Å². The van der Waals surface area contributed by atoms with E-state index in [-0.39, 0.29) is 5.56 Å². The minimum atomic E-state index is -0.0865. The summed E-state index contributed by atoms with van der Waals surface area (Å²) < 4.78 is 8.05. The van der Waals surface area contributed by atoms with E-state index in [0.717, 1.165) is 43.7 Å². The molecule has 0 amide bonds. The molecule has 5 rings (SSSR count). The van der Waals surface area contributed by atoms with E-state index in [9.17, 15) is 4.79 Å². The van der Waals surface area contributed by atoms with Gasteiger partial charge in [-0.25, -0.2) is 10.1 Å². The summed E-state index contributed by atoms with van der Waals surface area (Å²) in [6.45, 7) is 2.36. The Morgan fingerprint density at radius 2 is 1.94 bits per heavy atom. The Morgan fingerprint density at radius 1 is 1.10 bits per heavy atom. The molecule has 0 atom stereocenters. The minimum absolute atomic E-state index is 0.0865. The number of aromatic nitrogens is 6. The third-order valence-electron chi connectivity index (χ3n) is 5.32. The molecule has 1 aliphatic carbocycles. The molecule has 1 N–H and O–H groups in total. The fourth-order valence-electron chi connectivity index (χ4n) is 3.91. The molecule has 0 spiro atoms. The fourth-order valence-corrected chi connectivity index (χ4v) is 4.67. The Morgan fingerprint density at radius 3 is 2.71 bits per heavy atom. The van der Waals surface area contributed by atoms with Gasteiger partial charge in [-0.2, -0.15) is 0 Å². The van der Waals surface area contributed by atoms with Gasteiger partial charge < -0.3 is 4.42 Å². The molecule has 1 aliphatic heterocycles. The Kier molecular flexibility index (Phi) is 4.95. The number of aryl methyl sites for hydroxylation is 1. The van der Waals surface area contributed by atoms with Crippen molar-refractivity contribution in [2.24, 2.45) is 0 Å². The van der Waals surface area contributed by atoms with Crippen molar-refractivity contribution in [2.45, 2.75) is 19.9 Å². The van der Waals surface area contributed by atoms with Crippen LogP contribution in [0.25, 0.3) is 33.6 Å². The van der Waals surface area contributed by atoms with Crippen LogP contribution in [0.5, 0.6) is 0 Å². The second-order valence-corrected chi connectivity index (χ2v) is 7.78. The highest BCUT2D eigenvalue weighted by Crippen LogP contribution is 2.48. The second-order valence-electron chi connectivity index (χ2n) is 6.99. The number of tetrazole rings is 1. The summed E-state index contributed by atoms with van der Waals surface area (Å²) in [5, 5.41) is 14.4. The Hall–Kier alpha value is -3.59. The standard InChI is InChI=1S/C22H17BrN6O2/c1-2-18-24-9-7-19(30)29(18)11-16-13-8-10-31-12-17(13)21(23)20(16)14-5-3-4-6-15(14)22-25-27-28-26-22/h3-10,12H,2,11H2,1H3,(H,25,26,27,28). The van der Waals surface area contributed by atoms with Crippen LogP contribution in [0.3, 0.4) is 0 Å². The van der Waals surface area contributed by atoms with E-state index in [0.29, 0.717) is 18.8 Å². The third kappa shape index (κ3) is 3.27. The molecule has 9 heteroatoms. The maximum absolute atomic E-state index is 12.7. The number of aromatic amines is 1. The first kappa shape index (κ1) is 19.4. The number of nitrogens with one attached hydrogen (secondary N) is 1. The molecule has 0 fully saturated rings. The molecule has 0 bridgehead atoms. The minimum Gasteiger partial charge on any atom is -0.472 e. The van der Waals surface area contributed by atoms with Gasteiger partial charge in [0.2, 0.25) is 0 Å². The average molecular weight is 477 g/mol. The van der Waals surface area contributed by atoms with E-state index in [1.165, 1.54) is 6.07 Å². The normalized spacial score (nSPS) is 11.3. The highest BCUT2D eigenvalue weighted by atomic mass is 79.9. The number of H-pyrrole nitrogens is 1. The number of hydrogen-bond acceptors (Lipinski definition) is 6. The first-order chi connectivity index (χ1) is 15.2. The zero-order chi connectivity index (χ0) is 21.4. The Labute approximate surface area is 185 Å². The zero-order valence-electron chi connectivity index (χ0n) is 16.5. The molecule has 3 heterocycles. The van der Waals surface area contributed by atoms with Crippen molar-refractivity contribution in [1.82, 2.24) is 30.2 Å². The fraction of sp³-hybridized carbons (Fsp3) is 0.136. The van der Waals surface area contributed by atoms with Crippen LogP contribution in [0, 0.1) is 0 Å². The lowest BCUT2D eigenvalue weighted by atomic mass is 9.97. The van der Waals surface area contributed by atoms with Crippen LogP contribution < -0.4 is 5.56 Å². The highest BCUT2D eigenvalue weighted by molar-refractivity contribution is 9.10. The lowest BCUT2D eigenvalue weighted by Crippen LogP contribution is -2.24. The molecule has 1 aromatic carbocycles. The van der Waals surface area contributed by atoms with Gasteiger partial charge in [0, 0.05) is 39.8 Å². The zero-order valence-corrected chi connectivity index (χ0v) is 18.1. The second kappa shape index (κ2) is 7.92. The highest BCUT2D eigenvalue weighted by Gasteiger charge is 2.26. The van der Waals surface area contributed by atoms with Gasteiger partial charge in [-0.3, -0.25) is 9.36 Å². The van der Waals surface area contributed by atoms with E-state index in [1.54, 1.807) is 23.3 Å². The molecule has 2 aliphatic rings. The summed E-state index contributed by atoms with van der Waals surface area (Å²) in [4.78, 5) is 17.1. The number of hydrogen-bond donors (Lipinski definition) is 1. The topological polar surface area (TPSA) is 102 Å². The number of fused-ring (bicyclic) bond motifs is 1. The lowest BCUT2D eigenvalue weighted by Gasteiger charge is -2.14. The summed E-state index contributed by atoms with van der Waals surface area (Å²) in [5.41, 5.74) is 5.58. The summed E-state index contributed by atoms with van der Waals surface area (Å²) in [6, 6.07) is 11.3. The molecule has 154 valence electrons. The van der Waals surface area contributed by atoms with Crippen molar-refractivity contribution >= 4 is 15.9 Å². The van der Waals surface area contributed by atoms with Crippen LogP contribution in [0.4, 0.5) is 0 Å². The molecule has 8 nitrogen and oxygen atoms in total. The van der Waals surface area contributed by atoms with Crippen LogP contribution in [0.15, 0.2) is 68.8 Å². The number of benzene rings is 1. The van der Waals surface area contributed by atoms with Gasteiger partial charge in [0.05, 0.1) is 19.1 Å². The molecule has 31 heavy (non-hydrogen) atoms. The quantitative estimate of drug-likeness (QED) is 0.408. The summed E-state index contributed by atoms with van der Waals surface area (Å²) >= 11 is 3.78. The first-order valence-corrected chi connectivity index (χ1v) is 10.5. The SMILES string of the molecule is CCc1nccc(=O)n1Cc1c2ccocc-2c(Br)c1-c1ccccc1-c1nnn[nH]1. The van der Waals surface area contributed by atoms with Crippen molar-refractivity contribution in [2.75, 3.05) is 0 Å². The number of rotatable bonds is 5. The van der Waals surface area contributed by atoms with Crippen LogP contribution >= 0.6 is 15.9 Å². The Bertz CT molecular complexity index is 1390. The van der Waals surface area contributed by atoms with Gasteiger partial charge >= 0.3 is 0 Å². The van der Waals surface area contributed by atoms with Crippen molar-refractivity contribution in [3.05, 3.63) is 81.3 Å². The molecule has 3 aromatic rings. The van der Waals surface area contributed by atoms with Crippen LogP contribution in [0.1, 0.15) is 18.3 Å². The molecule has 0 saturated carbocycles. The predicted octanol–water partition coefficient (Wildman–Crippen LogP) is 4.16. The summed E-state index contributed by atoms with van der Waals surface area (Å²) in [5.74, 6) is 1.30. The van der Waals surface area contributed by atoms with Crippen LogP contribution in [-0.4, -0.2) is 30.2 Å². The van der Waals surface area contributed by atoms with Gasteiger partial charge in [-0.1, -0.05) is 31.2 Å². The Balaban J connectivity index is 1.80. The molecular weight excluding hydrogens is 460 g/mol.